The van der Waals surface area contributed by atoms with Gasteiger partial charge in [-0.15, -0.1) is 11.3 Å². The normalized spacial score (nSPS) is 12.2. The maximum atomic E-state index is 11.5. The molecule has 19 heavy (non-hydrogen) atoms. The molecule has 1 aromatic heterocycles. The van der Waals surface area contributed by atoms with E-state index in [1.54, 1.807) is 24.4 Å². The quantitative estimate of drug-likeness (QED) is 0.881. The first-order valence-corrected chi connectivity index (χ1v) is 7.01. The van der Waals surface area contributed by atoms with Crippen molar-refractivity contribution in [3.05, 3.63) is 50.9 Å². The number of hydrogen-bond donors (Lipinski definition) is 1. The van der Waals surface area contributed by atoms with Gasteiger partial charge in [0.25, 0.3) is 0 Å². The van der Waals surface area contributed by atoms with E-state index < -0.39 is 12.0 Å². The fraction of sp³-hybridized carbons (Fsp3) is 0.231. The van der Waals surface area contributed by atoms with Gasteiger partial charge in [-0.3, -0.25) is 0 Å². The number of nitrogens with two attached hydrogens (primary N) is 1. The number of esters is 1. The van der Waals surface area contributed by atoms with E-state index in [2.05, 4.69) is 4.98 Å². The number of hydrogen-bond acceptors (Lipinski definition) is 5. The summed E-state index contributed by atoms with van der Waals surface area (Å²) < 4.78 is 4.89. The molecule has 0 fully saturated rings. The summed E-state index contributed by atoms with van der Waals surface area (Å²) in [6, 6.07) is 6.88. The van der Waals surface area contributed by atoms with Crippen LogP contribution >= 0.6 is 22.9 Å². The first kappa shape index (κ1) is 14.0. The zero-order valence-corrected chi connectivity index (χ0v) is 11.9. The van der Waals surface area contributed by atoms with Crippen molar-refractivity contribution in [3.63, 3.8) is 0 Å². The highest BCUT2D eigenvalue weighted by molar-refractivity contribution is 7.10. The van der Waals surface area contributed by atoms with Crippen LogP contribution in [0.1, 0.15) is 34.0 Å². The molecule has 6 heteroatoms. The standard InChI is InChI=1S/C13H13ClN2O2S/c1-2-18-13(17)10-7-19-12(16-10)11(15)8-4-3-5-9(14)6-8/h3-7,11H,2,15H2,1H3. The molecule has 0 aliphatic heterocycles. The van der Waals surface area contributed by atoms with E-state index >= 15 is 0 Å². The Labute approximate surface area is 120 Å². The highest BCUT2D eigenvalue weighted by Gasteiger charge is 2.17. The molecule has 0 bridgehead atoms. The van der Waals surface area contributed by atoms with E-state index in [1.807, 2.05) is 12.1 Å². The molecule has 0 saturated heterocycles. The van der Waals surface area contributed by atoms with E-state index in [0.717, 1.165) is 5.56 Å². The monoisotopic (exact) mass is 296 g/mol. The third-order valence-corrected chi connectivity index (χ3v) is 3.64. The molecule has 4 nitrogen and oxygen atoms in total. The molecule has 100 valence electrons. The summed E-state index contributed by atoms with van der Waals surface area (Å²) in [6.07, 6.45) is 0. The molecular weight excluding hydrogens is 284 g/mol. The molecular formula is C13H13ClN2O2S. The second-order valence-corrected chi connectivity index (χ2v) is 5.15. The van der Waals surface area contributed by atoms with Crippen LogP contribution in [0, 0.1) is 0 Å². The summed E-state index contributed by atoms with van der Waals surface area (Å²) in [6.45, 7) is 2.08. The Morgan fingerprint density at radius 2 is 2.37 bits per heavy atom. The van der Waals surface area contributed by atoms with Gasteiger partial charge in [0.05, 0.1) is 12.6 Å². The van der Waals surface area contributed by atoms with Crippen molar-refractivity contribution in [1.82, 2.24) is 4.98 Å². The molecule has 0 aliphatic rings. The van der Waals surface area contributed by atoms with Crippen LogP contribution in [0.2, 0.25) is 5.02 Å². The number of aromatic nitrogens is 1. The van der Waals surface area contributed by atoms with Crippen molar-refractivity contribution in [2.45, 2.75) is 13.0 Å². The van der Waals surface area contributed by atoms with Gasteiger partial charge in [-0.05, 0) is 24.6 Å². The van der Waals surface area contributed by atoms with E-state index in [9.17, 15) is 4.79 Å². The van der Waals surface area contributed by atoms with Crippen molar-refractivity contribution < 1.29 is 9.53 Å². The van der Waals surface area contributed by atoms with Gasteiger partial charge < -0.3 is 10.5 Å². The third-order valence-electron chi connectivity index (χ3n) is 2.48. The van der Waals surface area contributed by atoms with Gasteiger partial charge in [0.1, 0.15) is 5.01 Å². The van der Waals surface area contributed by atoms with Gasteiger partial charge in [-0.2, -0.15) is 0 Å². The molecule has 1 unspecified atom stereocenters. The van der Waals surface area contributed by atoms with E-state index in [0.29, 0.717) is 22.3 Å². The smallest absolute Gasteiger partial charge is 0.357 e. The minimum Gasteiger partial charge on any atom is -0.461 e. The van der Waals surface area contributed by atoms with Crippen molar-refractivity contribution in [2.75, 3.05) is 6.61 Å². The average molecular weight is 297 g/mol. The number of benzene rings is 1. The Kier molecular flexibility index (Phi) is 4.52. The van der Waals surface area contributed by atoms with Crippen molar-refractivity contribution in [3.8, 4) is 0 Å². The molecule has 0 aliphatic carbocycles. The molecule has 0 amide bonds. The lowest BCUT2D eigenvalue weighted by atomic mass is 10.1. The fourth-order valence-corrected chi connectivity index (χ4v) is 2.59. The lowest BCUT2D eigenvalue weighted by Crippen LogP contribution is -2.12. The van der Waals surface area contributed by atoms with Crippen LogP contribution in [0.25, 0.3) is 0 Å². The van der Waals surface area contributed by atoms with Crippen LogP contribution in [0.4, 0.5) is 0 Å². The Bertz CT molecular complexity index is 586. The number of halogens is 1. The van der Waals surface area contributed by atoms with Crippen LogP contribution in [0.15, 0.2) is 29.6 Å². The summed E-state index contributed by atoms with van der Waals surface area (Å²) in [4.78, 5) is 15.7. The molecule has 2 rings (SSSR count). The van der Waals surface area contributed by atoms with Gasteiger partial charge in [0, 0.05) is 10.4 Å². The average Bonchev–Trinajstić information content (AvgIpc) is 2.88. The van der Waals surface area contributed by atoms with Crippen LogP contribution in [-0.4, -0.2) is 17.6 Å². The van der Waals surface area contributed by atoms with Crippen LogP contribution in [0.3, 0.4) is 0 Å². The number of nitrogens with zero attached hydrogens (tertiary/aromatic N) is 1. The summed E-state index contributed by atoms with van der Waals surface area (Å²) in [7, 11) is 0. The Hall–Kier alpha value is -1.43. The minimum atomic E-state index is -0.428. The van der Waals surface area contributed by atoms with Gasteiger partial charge in [-0.25, -0.2) is 9.78 Å². The zero-order valence-electron chi connectivity index (χ0n) is 10.3. The maximum Gasteiger partial charge on any atom is 0.357 e. The second-order valence-electron chi connectivity index (χ2n) is 3.82. The number of rotatable bonds is 4. The molecule has 2 aromatic rings. The number of ether oxygens (including phenoxy) is 1. The number of carbonyl (C=O) groups excluding carboxylic acids is 1. The zero-order chi connectivity index (χ0) is 13.8. The van der Waals surface area contributed by atoms with Gasteiger partial charge >= 0.3 is 5.97 Å². The summed E-state index contributed by atoms with van der Waals surface area (Å²) >= 11 is 7.26. The highest BCUT2D eigenvalue weighted by Crippen LogP contribution is 2.25. The Morgan fingerprint density at radius 1 is 1.58 bits per heavy atom. The Balaban J connectivity index is 2.20. The molecule has 1 aromatic carbocycles. The van der Waals surface area contributed by atoms with Gasteiger partial charge in [0.15, 0.2) is 5.69 Å². The second kappa shape index (κ2) is 6.14. The predicted octanol–water partition coefficient (Wildman–Crippen LogP) is 3.02. The molecule has 0 spiro atoms. The van der Waals surface area contributed by atoms with E-state index in [-0.39, 0.29) is 0 Å². The fourth-order valence-electron chi connectivity index (χ4n) is 1.57. The first-order chi connectivity index (χ1) is 9.11. The first-order valence-electron chi connectivity index (χ1n) is 5.75. The summed E-state index contributed by atoms with van der Waals surface area (Å²) in [5.74, 6) is -0.428. The topological polar surface area (TPSA) is 65.2 Å². The largest absolute Gasteiger partial charge is 0.461 e. The van der Waals surface area contributed by atoms with Crippen molar-refractivity contribution in [2.24, 2.45) is 5.73 Å². The molecule has 1 atom stereocenters. The lowest BCUT2D eigenvalue weighted by molar-refractivity contribution is 0.0520. The van der Waals surface area contributed by atoms with Crippen molar-refractivity contribution in [1.29, 1.82) is 0 Å². The predicted molar refractivity (Wildman–Crippen MR) is 75.6 cm³/mol. The molecule has 0 radical (unpaired) electrons. The van der Waals surface area contributed by atoms with Crippen LogP contribution in [-0.2, 0) is 4.74 Å². The number of carbonyl (C=O) groups is 1. The molecule has 0 saturated carbocycles. The van der Waals surface area contributed by atoms with Crippen molar-refractivity contribution >= 4 is 28.9 Å². The third kappa shape index (κ3) is 3.32. The molecule has 2 N–H and O–H groups in total. The SMILES string of the molecule is CCOC(=O)c1csc(C(N)c2cccc(Cl)c2)n1. The maximum absolute atomic E-state index is 11.5. The lowest BCUT2D eigenvalue weighted by Gasteiger charge is -2.08. The van der Waals surface area contributed by atoms with Crippen LogP contribution in [0.5, 0.6) is 0 Å². The van der Waals surface area contributed by atoms with E-state index in [1.165, 1.54) is 11.3 Å². The van der Waals surface area contributed by atoms with E-state index in [4.69, 9.17) is 22.1 Å². The van der Waals surface area contributed by atoms with Gasteiger partial charge in [0.2, 0.25) is 0 Å². The number of thiazole rings is 1. The van der Waals surface area contributed by atoms with Gasteiger partial charge in [-0.1, -0.05) is 23.7 Å². The Morgan fingerprint density at radius 3 is 3.05 bits per heavy atom. The van der Waals surface area contributed by atoms with Crippen LogP contribution < -0.4 is 5.73 Å². The summed E-state index contributed by atoms with van der Waals surface area (Å²) in [5, 5.41) is 2.93. The summed E-state index contributed by atoms with van der Waals surface area (Å²) in [5.41, 5.74) is 7.26. The highest BCUT2D eigenvalue weighted by atomic mass is 35.5. The molecule has 1 heterocycles. The minimum absolute atomic E-state index is 0.291.